The van der Waals surface area contributed by atoms with Gasteiger partial charge in [0.05, 0.1) is 11.3 Å². The van der Waals surface area contributed by atoms with Crippen LogP contribution in [0.1, 0.15) is 27.6 Å². The number of carbonyl (C=O) groups excluding carboxylic acids is 2. The van der Waals surface area contributed by atoms with Crippen LogP contribution in [0.15, 0.2) is 56.4 Å². The van der Waals surface area contributed by atoms with Crippen molar-refractivity contribution in [3.63, 3.8) is 0 Å². The zero-order chi connectivity index (χ0) is 20.8. The van der Waals surface area contributed by atoms with E-state index in [2.05, 4.69) is 31.4 Å². The summed E-state index contributed by atoms with van der Waals surface area (Å²) in [6, 6.07) is 12.5. The zero-order valence-corrected chi connectivity index (χ0v) is 18.2. The van der Waals surface area contributed by atoms with E-state index >= 15 is 0 Å². The predicted molar refractivity (Wildman–Crippen MR) is 113 cm³/mol. The van der Waals surface area contributed by atoms with Gasteiger partial charge in [-0.05, 0) is 49.7 Å². The largest absolute Gasteiger partial charge is 0.452 e. The molecule has 9 heteroatoms. The van der Waals surface area contributed by atoms with Gasteiger partial charge in [-0.25, -0.2) is 4.79 Å². The van der Waals surface area contributed by atoms with E-state index in [1.165, 1.54) is 11.8 Å². The third-order valence-electron chi connectivity index (χ3n) is 3.82. The minimum atomic E-state index is -0.572. The first-order valence-corrected chi connectivity index (χ1v) is 10.4. The van der Waals surface area contributed by atoms with Crippen LogP contribution in [0.2, 0.25) is 0 Å². The molecule has 0 bridgehead atoms. The minimum Gasteiger partial charge on any atom is -0.452 e. The van der Waals surface area contributed by atoms with Gasteiger partial charge in [0.15, 0.2) is 12.4 Å². The van der Waals surface area contributed by atoms with Crippen LogP contribution in [-0.2, 0) is 15.3 Å². The van der Waals surface area contributed by atoms with Gasteiger partial charge < -0.3 is 14.6 Å². The maximum absolute atomic E-state index is 12.5. The van der Waals surface area contributed by atoms with Crippen LogP contribution >= 0.6 is 27.7 Å². The fourth-order valence-corrected chi connectivity index (χ4v) is 3.82. The van der Waals surface area contributed by atoms with Crippen molar-refractivity contribution in [1.29, 1.82) is 0 Å². The molecule has 1 amide bonds. The molecule has 0 atom stereocenters. The Hall–Kier alpha value is -2.65. The SMILES string of the molecule is Cc1noc(CSc2ccccc2C(=O)OCC(=O)Nc2ccc(Br)cc2C)n1. The van der Waals surface area contributed by atoms with Crippen molar-refractivity contribution in [2.45, 2.75) is 24.5 Å². The second kappa shape index (κ2) is 9.71. The minimum absolute atomic E-state index is 0.376. The van der Waals surface area contributed by atoms with E-state index < -0.39 is 11.9 Å². The standard InChI is InChI=1S/C20H18BrN3O4S/c1-12-9-14(21)7-8-16(12)23-18(25)10-27-20(26)15-5-3-4-6-17(15)29-11-19-22-13(2)24-28-19/h3-9H,10-11H2,1-2H3,(H,23,25). The molecule has 0 aliphatic heterocycles. The van der Waals surface area contributed by atoms with Crippen LogP contribution in [0.3, 0.4) is 0 Å². The number of amides is 1. The molecule has 29 heavy (non-hydrogen) atoms. The summed E-state index contributed by atoms with van der Waals surface area (Å²) in [6.45, 7) is 3.24. The highest BCUT2D eigenvalue weighted by Crippen LogP contribution is 2.26. The van der Waals surface area contributed by atoms with Gasteiger partial charge in [0, 0.05) is 15.1 Å². The van der Waals surface area contributed by atoms with Gasteiger partial charge in [-0.1, -0.05) is 33.2 Å². The molecule has 1 heterocycles. The number of nitrogens with one attached hydrogen (secondary N) is 1. The van der Waals surface area contributed by atoms with Gasteiger partial charge in [-0.2, -0.15) is 4.98 Å². The number of anilines is 1. The third-order valence-corrected chi connectivity index (χ3v) is 5.38. The van der Waals surface area contributed by atoms with Crippen LogP contribution in [0, 0.1) is 13.8 Å². The van der Waals surface area contributed by atoms with E-state index in [1.54, 1.807) is 31.2 Å². The first kappa shape index (κ1) is 21.1. The topological polar surface area (TPSA) is 94.3 Å². The van der Waals surface area contributed by atoms with Crippen molar-refractivity contribution in [3.8, 4) is 0 Å². The van der Waals surface area contributed by atoms with E-state index in [0.717, 1.165) is 10.0 Å². The Morgan fingerprint density at radius 1 is 1.21 bits per heavy atom. The summed E-state index contributed by atoms with van der Waals surface area (Å²) in [7, 11) is 0. The smallest absolute Gasteiger partial charge is 0.339 e. The highest BCUT2D eigenvalue weighted by Gasteiger charge is 2.16. The monoisotopic (exact) mass is 475 g/mol. The number of ether oxygens (including phenoxy) is 1. The van der Waals surface area contributed by atoms with Crippen LogP contribution in [0.25, 0.3) is 0 Å². The van der Waals surface area contributed by atoms with Gasteiger partial charge in [0.2, 0.25) is 5.89 Å². The number of hydrogen-bond donors (Lipinski definition) is 1. The van der Waals surface area contributed by atoms with Crippen molar-refractivity contribution in [2.75, 3.05) is 11.9 Å². The molecule has 0 aliphatic carbocycles. The second-order valence-corrected chi connectivity index (χ2v) is 8.04. The Morgan fingerprint density at radius 3 is 2.72 bits per heavy atom. The lowest BCUT2D eigenvalue weighted by molar-refractivity contribution is -0.119. The molecule has 2 aromatic carbocycles. The normalized spacial score (nSPS) is 10.6. The molecule has 0 radical (unpaired) electrons. The van der Waals surface area contributed by atoms with Crippen molar-refractivity contribution in [2.24, 2.45) is 0 Å². The van der Waals surface area contributed by atoms with Crippen molar-refractivity contribution >= 4 is 45.3 Å². The molecule has 7 nitrogen and oxygen atoms in total. The number of rotatable bonds is 7. The molecule has 150 valence electrons. The zero-order valence-electron chi connectivity index (χ0n) is 15.8. The van der Waals surface area contributed by atoms with Gasteiger partial charge in [0.1, 0.15) is 0 Å². The van der Waals surface area contributed by atoms with Gasteiger partial charge in [-0.15, -0.1) is 11.8 Å². The average molecular weight is 476 g/mol. The molecule has 0 saturated heterocycles. The Bertz CT molecular complexity index is 1040. The lowest BCUT2D eigenvalue weighted by Crippen LogP contribution is -2.21. The van der Waals surface area contributed by atoms with Crippen LogP contribution < -0.4 is 5.32 Å². The molecule has 3 rings (SSSR count). The Balaban J connectivity index is 1.58. The van der Waals surface area contributed by atoms with Crippen molar-refractivity contribution in [3.05, 3.63) is 69.8 Å². The molecular weight excluding hydrogens is 458 g/mol. The Kier molecular flexibility index (Phi) is 7.05. The van der Waals surface area contributed by atoms with Crippen LogP contribution in [0.5, 0.6) is 0 Å². The van der Waals surface area contributed by atoms with Crippen LogP contribution in [-0.4, -0.2) is 28.6 Å². The highest BCUT2D eigenvalue weighted by molar-refractivity contribution is 9.10. The van der Waals surface area contributed by atoms with Crippen molar-refractivity contribution in [1.82, 2.24) is 10.1 Å². The number of carbonyl (C=O) groups is 2. The molecule has 1 aromatic heterocycles. The summed E-state index contributed by atoms with van der Waals surface area (Å²) >= 11 is 4.76. The summed E-state index contributed by atoms with van der Waals surface area (Å²) < 4.78 is 11.2. The Labute approximate surface area is 180 Å². The van der Waals surface area contributed by atoms with Gasteiger partial charge in [0.25, 0.3) is 5.91 Å². The molecular formula is C20H18BrN3O4S. The van der Waals surface area contributed by atoms with E-state index in [9.17, 15) is 9.59 Å². The molecule has 0 spiro atoms. The first-order valence-electron chi connectivity index (χ1n) is 8.66. The lowest BCUT2D eigenvalue weighted by Gasteiger charge is -2.10. The highest BCUT2D eigenvalue weighted by atomic mass is 79.9. The average Bonchev–Trinajstić information content (AvgIpc) is 3.12. The number of thioether (sulfide) groups is 1. The predicted octanol–water partition coefficient (Wildman–Crippen LogP) is 4.54. The number of esters is 1. The van der Waals surface area contributed by atoms with E-state index in [4.69, 9.17) is 9.26 Å². The number of halogens is 1. The molecule has 0 saturated carbocycles. The van der Waals surface area contributed by atoms with Crippen molar-refractivity contribution < 1.29 is 18.8 Å². The summed E-state index contributed by atoms with van der Waals surface area (Å²) in [5.74, 6) is 0.474. The molecule has 3 aromatic rings. The third kappa shape index (κ3) is 5.91. The van der Waals surface area contributed by atoms with E-state index in [-0.39, 0.29) is 6.61 Å². The maximum atomic E-state index is 12.5. The fourth-order valence-electron chi connectivity index (χ4n) is 2.46. The number of nitrogens with zero attached hydrogens (tertiary/aromatic N) is 2. The number of hydrogen-bond acceptors (Lipinski definition) is 7. The number of aryl methyl sites for hydroxylation is 2. The molecule has 0 aliphatic rings. The summed E-state index contributed by atoms with van der Waals surface area (Å²) in [5.41, 5.74) is 1.94. The van der Waals surface area contributed by atoms with E-state index in [0.29, 0.717) is 33.6 Å². The number of aromatic nitrogens is 2. The van der Waals surface area contributed by atoms with Crippen LogP contribution in [0.4, 0.5) is 5.69 Å². The molecule has 0 fully saturated rings. The second-order valence-electron chi connectivity index (χ2n) is 6.10. The van der Waals surface area contributed by atoms with Gasteiger partial charge in [-0.3, -0.25) is 4.79 Å². The summed E-state index contributed by atoms with van der Waals surface area (Å²) in [4.78, 5) is 29.5. The first-order chi connectivity index (χ1) is 13.9. The fraction of sp³-hybridized carbons (Fsp3) is 0.200. The molecule has 0 unspecified atom stereocenters. The molecule has 1 N–H and O–H groups in total. The number of benzene rings is 2. The maximum Gasteiger partial charge on any atom is 0.339 e. The summed E-state index contributed by atoms with van der Waals surface area (Å²) in [6.07, 6.45) is 0. The van der Waals surface area contributed by atoms with E-state index in [1.807, 2.05) is 25.1 Å². The quantitative estimate of drug-likeness (QED) is 0.395. The Morgan fingerprint density at radius 2 is 2.00 bits per heavy atom. The van der Waals surface area contributed by atoms with Gasteiger partial charge >= 0.3 is 5.97 Å². The lowest BCUT2D eigenvalue weighted by atomic mass is 10.2. The summed E-state index contributed by atoms with van der Waals surface area (Å²) in [5, 5.41) is 6.48.